The largest absolute Gasteiger partial charge is 0.367 e. The van der Waals surface area contributed by atoms with Crippen molar-refractivity contribution < 1.29 is 14.3 Å². The van der Waals surface area contributed by atoms with Gasteiger partial charge >= 0.3 is 0 Å². The Morgan fingerprint density at radius 2 is 1.83 bits per heavy atom. The average molecular weight is 330 g/mol. The number of amides is 2. The lowest BCUT2D eigenvalue weighted by atomic mass is 9.93. The highest BCUT2D eigenvalue weighted by Crippen LogP contribution is 2.25. The highest BCUT2D eigenvalue weighted by atomic mass is 16.5. The van der Waals surface area contributed by atoms with Crippen molar-refractivity contribution in [1.29, 1.82) is 0 Å². The number of ether oxygens (including phenoxy) is 1. The molecule has 1 aromatic rings. The summed E-state index contributed by atoms with van der Waals surface area (Å²) in [5, 5.41) is 0. The Morgan fingerprint density at radius 1 is 1.12 bits per heavy atom. The predicted octanol–water partition coefficient (Wildman–Crippen LogP) is 2.38. The smallest absolute Gasteiger partial charge is 0.256 e. The van der Waals surface area contributed by atoms with Crippen LogP contribution in [0.3, 0.4) is 0 Å². The van der Waals surface area contributed by atoms with Crippen LogP contribution in [-0.4, -0.2) is 54.4 Å². The Labute approximate surface area is 143 Å². The summed E-state index contributed by atoms with van der Waals surface area (Å²) in [7, 11) is 1.54. The van der Waals surface area contributed by atoms with Gasteiger partial charge in [-0.25, -0.2) is 0 Å². The van der Waals surface area contributed by atoms with Gasteiger partial charge in [-0.15, -0.1) is 0 Å². The van der Waals surface area contributed by atoms with E-state index >= 15 is 0 Å². The summed E-state index contributed by atoms with van der Waals surface area (Å²) >= 11 is 0. The minimum Gasteiger partial charge on any atom is -0.367 e. The van der Waals surface area contributed by atoms with Crippen LogP contribution in [0.2, 0.25) is 0 Å². The molecule has 0 N–H and O–H groups in total. The second-order valence-corrected chi connectivity index (χ2v) is 6.67. The molecule has 2 aliphatic rings. The van der Waals surface area contributed by atoms with Crippen molar-refractivity contribution in [2.45, 2.75) is 44.2 Å². The van der Waals surface area contributed by atoms with Gasteiger partial charge in [0.05, 0.1) is 6.54 Å². The van der Waals surface area contributed by atoms with Crippen molar-refractivity contribution in [1.82, 2.24) is 9.80 Å². The lowest BCUT2D eigenvalue weighted by Crippen LogP contribution is -2.56. The zero-order valence-corrected chi connectivity index (χ0v) is 14.3. The number of hydrogen-bond acceptors (Lipinski definition) is 3. The van der Waals surface area contributed by atoms with Gasteiger partial charge in [-0.1, -0.05) is 49.6 Å². The number of benzene rings is 1. The van der Waals surface area contributed by atoms with Crippen molar-refractivity contribution in [3.63, 3.8) is 0 Å². The maximum Gasteiger partial charge on any atom is 0.256 e. The summed E-state index contributed by atoms with van der Waals surface area (Å²) in [6.07, 6.45) is 5.25. The number of hydrogen-bond donors (Lipinski definition) is 0. The van der Waals surface area contributed by atoms with Crippen molar-refractivity contribution in [2.75, 3.05) is 26.7 Å². The van der Waals surface area contributed by atoms with Gasteiger partial charge in [0.15, 0.2) is 6.10 Å². The Hall–Kier alpha value is -1.88. The molecule has 1 aromatic carbocycles. The average Bonchev–Trinajstić information content (AvgIpc) is 2.64. The van der Waals surface area contributed by atoms with E-state index in [0.29, 0.717) is 19.1 Å². The molecular weight excluding hydrogens is 304 g/mol. The van der Waals surface area contributed by atoms with Crippen LogP contribution in [0.4, 0.5) is 0 Å². The fourth-order valence-corrected chi connectivity index (χ4v) is 3.83. The Morgan fingerprint density at radius 3 is 2.46 bits per heavy atom. The molecule has 1 atom stereocenters. The van der Waals surface area contributed by atoms with Gasteiger partial charge < -0.3 is 14.5 Å². The molecule has 24 heavy (non-hydrogen) atoms. The third-order valence-corrected chi connectivity index (χ3v) is 5.15. The first-order chi connectivity index (χ1) is 11.7. The number of nitrogens with zero attached hydrogens (tertiary/aromatic N) is 2. The number of carbonyl (C=O) groups excluding carboxylic acids is 2. The monoisotopic (exact) mass is 330 g/mol. The van der Waals surface area contributed by atoms with Crippen LogP contribution < -0.4 is 0 Å². The summed E-state index contributed by atoms with van der Waals surface area (Å²) in [6.45, 7) is 1.40. The second kappa shape index (κ2) is 7.79. The van der Waals surface area contributed by atoms with Gasteiger partial charge in [0.25, 0.3) is 5.91 Å². The van der Waals surface area contributed by atoms with Gasteiger partial charge in [0, 0.05) is 26.2 Å². The van der Waals surface area contributed by atoms with E-state index in [1.54, 1.807) is 4.90 Å². The maximum atomic E-state index is 12.8. The topological polar surface area (TPSA) is 49.9 Å². The lowest BCUT2D eigenvalue weighted by molar-refractivity contribution is -0.153. The van der Waals surface area contributed by atoms with Crippen LogP contribution in [0, 0.1) is 0 Å². The molecule has 1 saturated heterocycles. The first-order valence-electron chi connectivity index (χ1n) is 8.86. The Bertz CT molecular complexity index is 569. The Balaban J connectivity index is 1.64. The van der Waals surface area contributed by atoms with Crippen molar-refractivity contribution >= 4 is 11.8 Å². The molecule has 1 saturated carbocycles. The SMILES string of the molecule is COC(C(=O)N1CCN(C2CCCCC2)C(=O)C1)c1ccccc1. The molecule has 1 heterocycles. The zero-order chi connectivity index (χ0) is 16.9. The normalized spacial score (nSPS) is 21.0. The summed E-state index contributed by atoms with van der Waals surface area (Å²) < 4.78 is 5.41. The van der Waals surface area contributed by atoms with Crippen LogP contribution in [0.1, 0.15) is 43.8 Å². The van der Waals surface area contributed by atoms with Crippen LogP contribution in [0.5, 0.6) is 0 Å². The summed E-state index contributed by atoms with van der Waals surface area (Å²) in [5.74, 6) is -0.0511. The first-order valence-corrected chi connectivity index (χ1v) is 8.86. The van der Waals surface area contributed by atoms with Crippen molar-refractivity contribution in [3.05, 3.63) is 35.9 Å². The highest BCUT2D eigenvalue weighted by Gasteiger charge is 2.34. The van der Waals surface area contributed by atoms with E-state index in [4.69, 9.17) is 4.74 Å². The molecule has 3 rings (SSSR count). The van der Waals surface area contributed by atoms with E-state index in [1.165, 1.54) is 26.4 Å². The van der Waals surface area contributed by atoms with Gasteiger partial charge in [-0.05, 0) is 18.4 Å². The van der Waals surface area contributed by atoms with Crippen molar-refractivity contribution in [2.24, 2.45) is 0 Å². The third kappa shape index (κ3) is 3.61. The molecule has 5 heteroatoms. The minimum absolute atomic E-state index is 0.0735. The van der Waals surface area contributed by atoms with Gasteiger partial charge in [-0.2, -0.15) is 0 Å². The summed E-state index contributed by atoms with van der Waals surface area (Å²) in [4.78, 5) is 29.0. The fraction of sp³-hybridized carbons (Fsp3) is 0.579. The van der Waals surface area contributed by atoms with E-state index in [0.717, 1.165) is 18.4 Å². The van der Waals surface area contributed by atoms with E-state index in [-0.39, 0.29) is 18.4 Å². The number of piperazine rings is 1. The predicted molar refractivity (Wildman–Crippen MR) is 91.4 cm³/mol. The molecule has 2 amide bonds. The van der Waals surface area contributed by atoms with E-state index in [9.17, 15) is 9.59 Å². The third-order valence-electron chi connectivity index (χ3n) is 5.15. The lowest BCUT2D eigenvalue weighted by Gasteiger charge is -2.41. The second-order valence-electron chi connectivity index (χ2n) is 6.67. The van der Waals surface area contributed by atoms with E-state index < -0.39 is 6.10 Å². The van der Waals surface area contributed by atoms with Crippen LogP contribution >= 0.6 is 0 Å². The van der Waals surface area contributed by atoms with Crippen molar-refractivity contribution in [3.8, 4) is 0 Å². The first kappa shape index (κ1) is 17.0. The highest BCUT2D eigenvalue weighted by molar-refractivity contribution is 5.88. The molecule has 0 radical (unpaired) electrons. The minimum atomic E-state index is -0.639. The number of rotatable bonds is 4. The maximum absolute atomic E-state index is 12.8. The van der Waals surface area contributed by atoms with E-state index in [1.807, 2.05) is 35.2 Å². The summed E-state index contributed by atoms with van der Waals surface area (Å²) in [6, 6.07) is 9.82. The van der Waals surface area contributed by atoms with Gasteiger partial charge in [-0.3, -0.25) is 9.59 Å². The van der Waals surface area contributed by atoms with Gasteiger partial charge in [0.2, 0.25) is 5.91 Å². The fourth-order valence-electron chi connectivity index (χ4n) is 3.83. The molecule has 1 aliphatic heterocycles. The molecule has 2 fully saturated rings. The van der Waals surface area contributed by atoms with Gasteiger partial charge in [0.1, 0.15) is 0 Å². The van der Waals surface area contributed by atoms with Crippen LogP contribution in [0.15, 0.2) is 30.3 Å². The number of carbonyl (C=O) groups is 2. The standard InChI is InChI=1S/C19H26N2O3/c1-24-18(15-8-4-2-5-9-15)19(23)20-12-13-21(17(22)14-20)16-10-6-3-7-11-16/h2,4-5,8-9,16,18H,3,6-7,10-14H2,1H3. The molecule has 5 nitrogen and oxygen atoms in total. The van der Waals surface area contributed by atoms with E-state index in [2.05, 4.69) is 0 Å². The number of methoxy groups -OCH3 is 1. The zero-order valence-electron chi connectivity index (χ0n) is 14.3. The summed E-state index contributed by atoms with van der Waals surface area (Å²) in [5.41, 5.74) is 0.826. The molecule has 0 aromatic heterocycles. The van der Waals surface area contributed by atoms with Crippen LogP contribution in [-0.2, 0) is 14.3 Å². The quantitative estimate of drug-likeness (QED) is 0.852. The molecule has 130 valence electrons. The van der Waals surface area contributed by atoms with Crippen LogP contribution in [0.25, 0.3) is 0 Å². The molecule has 1 aliphatic carbocycles. The molecule has 1 unspecified atom stereocenters. The molecular formula is C19H26N2O3. The Kier molecular flexibility index (Phi) is 5.51. The molecule has 0 bridgehead atoms. The molecule has 0 spiro atoms.